The molecule has 0 fully saturated rings. The Morgan fingerprint density at radius 2 is 1.74 bits per heavy atom. The van der Waals surface area contributed by atoms with Crippen molar-refractivity contribution in [2.24, 2.45) is 0 Å². The van der Waals surface area contributed by atoms with Gasteiger partial charge in [-0.2, -0.15) is 5.10 Å². The second-order valence-electron chi connectivity index (χ2n) is 6.45. The summed E-state index contributed by atoms with van der Waals surface area (Å²) in [5, 5.41) is 8.38. The van der Waals surface area contributed by atoms with Crippen LogP contribution in [0.1, 0.15) is 11.3 Å². The number of carbonyl (C=O) groups is 1. The van der Waals surface area contributed by atoms with Gasteiger partial charge in [-0.3, -0.25) is 9.78 Å². The molecule has 6 nitrogen and oxygen atoms in total. The van der Waals surface area contributed by atoms with E-state index in [4.69, 9.17) is 0 Å². The van der Waals surface area contributed by atoms with Crippen LogP contribution in [0.3, 0.4) is 0 Å². The fourth-order valence-electron chi connectivity index (χ4n) is 3.14. The molecule has 1 N–H and O–H groups in total. The molecular formula is C21H19N5O. The predicted octanol–water partition coefficient (Wildman–Crippen LogP) is 3.75. The van der Waals surface area contributed by atoms with Gasteiger partial charge in [0, 0.05) is 29.7 Å². The summed E-state index contributed by atoms with van der Waals surface area (Å²) in [7, 11) is 0. The first-order valence-electron chi connectivity index (χ1n) is 8.71. The summed E-state index contributed by atoms with van der Waals surface area (Å²) < 4.78 is 1.65. The number of hydrogen-bond acceptors (Lipinski definition) is 4. The van der Waals surface area contributed by atoms with Crippen molar-refractivity contribution in [2.45, 2.75) is 20.4 Å². The van der Waals surface area contributed by atoms with Crippen LogP contribution >= 0.6 is 0 Å². The predicted molar refractivity (Wildman–Crippen MR) is 105 cm³/mol. The number of rotatable bonds is 4. The molecule has 3 aromatic heterocycles. The van der Waals surface area contributed by atoms with Gasteiger partial charge < -0.3 is 5.32 Å². The molecule has 4 aromatic rings. The fraction of sp³-hybridized carbons (Fsp3) is 0.143. The van der Waals surface area contributed by atoms with Crippen molar-refractivity contribution in [2.75, 3.05) is 5.32 Å². The molecule has 0 aliphatic rings. The van der Waals surface area contributed by atoms with Crippen LogP contribution in [-0.2, 0) is 11.3 Å². The van der Waals surface area contributed by atoms with Crippen LogP contribution in [0, 0.1) is 13.8 Å². The summed E-state index contributed by atoms with van der Waals surface area (Å²) in [5.41, 5.74) is 5.65. The van der Waals surface area contributed by atoms with E-state index in [0.717, 1.165) is 22.2 Å². The average molecular weight is 357 g/mol. The minimum atomic E-state index is -0.159. The second-order valence-corrected chi connectivity index (χ2v) is 6.45. The van der Waals surface area contributed by atoms with E-state index in [1.807, 2.05) is 13.0 Å². The molecule has 4 rings (SSSR count). The van der Waals surface area contributed by atoms with Gasteiger partial charge >= 0.3 is 0 Å². The maximum atomic E-state index is 12.4. The van der Waals surface area contributed by atoms with Gasteiger partial charge in [0.2, 0.25) is 5.91 Å². The van der Waals surface area contributed by atoms with E-state index in [9.17, 15) is 4.79 Å². The topological polar surface area (TPSA) is 72.7 Å². The third-order valence-electron chi connectivity index (χ3n) is 4.43. The Morgan fingerprint density at radius 1 is 1.00 bits per heavy atom. The highest BCUT2D eigenvalue weighted by Crippen LogP contribution is 2.30. The number of aryl methyl sites for hydroxylation is 2. The highest BCUT2D eigenvalue weighted by atomic mass is 16.2. The average Bonchev–Trinajstić information content (AvgIpc) is 2.99. The molecule has 1 aromatic carbocycles. The van der Waals surface area contributed by atoms with Crippen molar-refractivity contribution in [3.05, 3.63) is 72.3 Å². The summed E-state index contributed by atoms with van der Waals surface area (Å²) in [4.78, 5) is 20.8. The molecule has 0 radical (unpaired) electrons. The first-order chi connectivity index (χ1) is 13.1. The van der Waals surface area contributed by atoms with E-state index in [0.29, 0.717) is 11.3 Å². The van der Waals surface area contributed by atoms with Crippen LogP contribution in [0.4, 0.5) is 5.69 Å². The number of amides is 1. The lowest BCUT2D eigenvalue weighted by Gasteiger charge is -2.07. The Kier molecular flexibility index (Phi) is 4.38. The van der Waals surface area contributed by atoms with Gasteiger partial charge in [-0.15, -0.1) is 0 Å². The summed E-state index contributed by atoms with van der Waals surface area (Å²) >= 11 is 0. The van der Waals surface area contributed by atoms with E-state index in [2.05, 4.69) is 51.6 Å². The van der Waals surface area contributed by atoms with Crippen LogP contribution in [0.5, 0.6) is 0 Å². The molecule has 0 spiro atoms. The van der Waals surface area contributed by atoms with E-state index >= 15 is 0 Å². The van der Waals surface area contributed by atoms with Crippen molar-refractivity contribution in [3.63, 3.8) is 0 Å². The SMILES string of the molecule is Cc1ccc(-c2ccnc3c2c(C)nn3CC(=O)Nc2ccncc2)cc1. The molecule has 0 aliphatic carbocycles. The summed E-state index contributed by atoms with van der Waals surface area (Å²) in [6.07, 6.45) is 5.03. The summed E-state index contributed by atoms with van der Waals surface area (Å²) in [5.74, 6) is -0.159. The number of benzene rings is 1. The van der Waals surface area contributed by atoms with Crippen molar-refractivity contribution < 1.29 is 4.79 Å². The Morgan fingerprint density at radius 3 is 2.48 bits per heavy atom. The first-order valence-corrected chi connectivity index (χ1v) is 8.71. The summed E-state index contributed by atoms with van der Waals surface area (Å²) in [6.45, 7) is 4.10. The van der Waals surface area contributed by atoms with E-state index in [1.54, 1.807) is 35.4 Å². The molecule has 3 heterocycles. The standard InChI is InChI=1S/C21H19N5O/c1-14-3-5-16(6-4-14)18-9-12-23-21-20(18)15(2)25-26(21)13-19(27)24-17-7-10-22-11-8-17/h3-12H,13H2,1-2H3,(H,22,24,27). The Labute approximate surface area is 156 Å². The van der Waals surface area contributed by atoms with Gasteiger partial charge in [0.1, 0.15) is 6.54 Å². The molecule has 6 heteroatoms. The van der Waals surface area contributed by atoms with E-state index < -0.39 is 0 Å². The van der Waals surface area contributed by atoms with Gasteiger partial charge in [-0.25, -0.2) is 9.67 Å². The number of nitrogens with zero attached hydrogens (tertiary/aromatic N) is 4. The Balaban J connectivity index is 1.68. The van der Waals surface area contributed by atoms with E-state index in [1.165, 1.54) is 5.56 Å². The highest BCUT2D eigenvalue weighted by molar-refractivity contribution is 5.96. The number of aromatic nitrogens is 4. The monoisotopic (exact) mass is 357 g/mol. The zero-order chi connectivity index (χ0) is 18.8. The zero-order valence-electron chi connectivity index (χ0n) is 15.2. The molecule has 0 saturated carbocycles. The number of fused-ring (bicyclic) bond motifs is 1. The molecule has 0 unspecified atom stereocenters. The molecule has 0 aliphatic heterocycles. The van der Waals surface area contributed by atoms with Crippen molar-refractivity contribution in [3.8, 4) is 11.1 Å². The number of pyridine rings is 2. The number of nitrogens with one attached hydrogen (secondary N) is 1. The lowest BCUT2D eigenvalue weighted by Crippen LogP contribution is -2.19. The Hall–Kier alpha value is -3.54. The van der Waals surface area contributed by atoms with Gasteiger partial charge in [-0.1, -0.05) is 29.8 Å². The van der Waals surface area contributed by atoms with Crippen LogP contribution in [0.2, 0.25) is 0 Å². The lowest BCUT2D eigenvalue weighted by molar-refractivity contribution is -0.116. The van der Waals surface area contributed by atoms with Crippen molar-refractivity contribution in [1.82, 2.24) is 19.7 Å². The van der Waals surface area contributed by atoms with Gasteiger partial charge in [0.15, 0.2) is 5.65 Å². The van der Waals surface area contributed by atoms with Crippen molar-refractivity contribution >= 4 is 22.6 Å². The molecule has 1 amide bonds. The smallest absolute Gasteiger partial charge is 0.246 e. The van der Waals surface area contributed by atoms with Gasteiger partial charge in [0.05, 0.1) is 5.69 Å². The minimum Gasteiger partial charge on any atom is -0.324 e. The Bertz CT molecular complexity index is 1100. The zero-order valence-corrected chi connectivity index (χ0v) is 15.2. The van der Waals surface area contributed by atoms with Gasteiger partial charge in [-0.05, 0) is 43.2 Å². The minimum absolute atomic E-state index is 0.0943. The van der Waals surface area contributed by atoms with Crippen molar-refractivity contribution in [1.29, 1.82) is 0 Å². The fourth-order valence-corrected chi connectivity index (χ4v) is 3.14. The van der Waals surface area contributed by atoms with Gasteiger partial charge in [0.25, 0.3) is 0 Å². The molecule has 134 valence electrons. The maximum absolute atomic E-state index is 12.4. The number of carbonyl (C=O) groups excluding carboxylic acids is 1. The maximum Gasteiger partial charge on any atom is 0.246 e. The van der Waals surface area contributed by atoms with Crippen LogP contribution in [0.25, 0.3) is 22.2 Å². The van der Waals surface area contributed by atoms with Crippen LogP contribution in [0.15, 0.2) is 61.1 Å². The quantitative estimate of drug-likeness (QED) is 0.604. The first kappa shape index (κ1) is 16.9. The molecular weight excluding hydrogens is 338 g/mol. The molecule has 0 bridgehead atoms. The third kappa shape index (κ3) is 3.42. The lowest BCUT2D eigenvalue weighted by atomic mass is 10.0. The van der Waals surface area contributed by atoms with E-state index in [-0.39, 0.29) is 12.5 Å². The molecule has 27 heavy (non-hydrogen) atoms. The van der Waals surface area contributed by atoms with Crippen LogP contribution in [-0.4, -0.2) is 25.7 Å². The number of anilines is 1. The largest absolute Gasteiger partial charge is 0.324 e. The molecule has 0 atom stereocenters. The molecule has 0 saturated heterocycles. The van der Waals surface area contributed by atoms with Crippen LogP contribution < -0.4 is 5.32 Å². The summed E-state index contributed by atoms with van der Waals surface area (Å²) in [6, 6.07) is 13.8. The second kappa shape index (κ2) is 6.99. The number of hydrogen-bond donors (Lipinski definition) is 1. The normalized spacial score (nSPS) is 10.9. The third-order valence-corrected chi connectivity index (χ3v) is 4.43. The highest BCUT2D eigenvalue weighted by Gasteiger charge is 2.16.